The lowest BCUT2D eigenvalue weighted by atomic mass is 9.56. The monoisotopic (exact) mass is 249 g/mol. The second-order valence-corrected chi connectivity index (χ2v) is 7.51. The third kappa shape index (κ3) is 2.24. The molecular weight excluding hydrogens is 218 g/mol. The second kappa shape index (κ2) is 5.15. The van der Waals surface area contributed by atoms with Crippen LogP contribution in [0.4, 0.5) is 0 Å². The highest BCUT2D eigenvalue weighted by molar-refractivity contribution is 4.99. The summed E-state index contributed by atoms with van der Waals surface area (Å²) in [7, 11) is 0. The number of piperidine rings is 1. The highest BCUT2D eigenvalue weighted by Gasteiger charge is 2.47. The summed E-state index contributed by atoms with van der Waals surface area (Å²) in [4.78, 5) is 0. The van der Waals surface area contributed by atoms with Crippen molar-refractivity contribution in [2.75, 3.05) is 13.1 Å². The summed E-state index contributed by atoms with van der Waals surface area (Å²) in [5.41, 5.74) is 1.56. The smallest absolute Gasteiger partial charge is 0.00152 e. The fourth-order valence-corrected chi connectivity index (χ4v) is 5.35. The van der Waals surface area contributed by atoms with Gasteiger partial charge < -0.3 is 5.32 Å². The van der Waals surface area contributed by atoms with E-state index in [9.17, 15) is 0 Å². The molecule has 2 aliphatic carbocycles. The Labute approximate surface area is 113 Å². The van der Waals surface area contributed by atoms with E-state index in [0.29, 0.717) is 0 Å². The summed E-state index contributed by atoms with van der Waals surface area (Å²) in [6, 6.07) is 0. The van der Waals surface area contributed by atoms with Gasteiger partial charge in [-0.3, -0.25) is 0 Å². The molecule has 1 N–H and O–H groups in total. The first kappa shape index (κ1) is 13.0. The van der Waals surface area contributed by atoms with Gasteiger partial charge in [0, 0.05) is 0 Å². The molecule has 0 aromatic rings. The Morgan fingerprint density at radius 1 is 0.944 bits per heavy atom. The van der Waals surface area contributed by atoms with Gasteiger partial charge >= 0.3 is 0 Å². The predicted octanol–water partition coefficient (Wildman–Crippen LogP) is 4.52. The molecule has 0 bridgehead atoms. The lowest BCUT2D eigenvalue weighted by Crippen LogP contribution is -2.48. The van der Waals surface area contributed by atoms with Crippen LogP contribution in [0.15, 0.2) is 0 Å². The van der Waals surface area contributed by atoms with Gasteiger partial charge in [-0.2, -0.15) is 0 Å². The van der Waals surface area contributed by atoms with Gasteiger partial charge in [-0.15, -0.1) is 0 Å². The van der Waals surface area contributed by atoms with Crippen LogP contribution < -0.4 is 5.32 Å². The van der Waals surface area contributed by atoms with E-state index in [4.69, 9.17) is 0 Å². The molecule has 104 valence electrons. The van der Waals surface area contributed by atoms with Crippen molar-refractivity contribution in [3.05, 3.63) is 0 Å². The fourth-order valence-electron chi connectivity index (χ4n) is 5.35. The maximum Gasteiger partial charge on any atom is -0.00152 e. The maximum atomic E-state index is 3.65. The zero-order chi connectivity index (χ0) is 12.5. The van der Waals surface area contributed by atoms with Gasteiger partial charge in [-0.1, -0.05) is 26.2 Å². The topological polar surface area (TPSA) is 12.0 Å². The van der Waals surface area contributed by atoms with Crippen LogP contribution in [0.3, 0.4) is 0 Å². The normalized spacial score (nSPS) is 34.2. The van der Waals surface area contributed by atoms with E-state index >= 15 is 0 Å². The van der Waals surface area contributed by atoms with Gasteiger partial charge in [0.1, 0.15) is 0 Å². The Morgan fingerprint density at radius 2 is 1.67 bits per heavy atom. The molecular formula is C17H31N. The standard InChI is InChI=1S/C17H31N/c1-2-5-15-14-18-13-12-17(15)10-8-16(9-11-17)6-3-4-7-16/h15,18H,2-14H2,1H3. The predicted molar refractivity (Wildman–Crippen MR) is 77.7 cm³/mol. The van der Waals surface area contributed by atoms with Crippen molar-refractivity contribution in [1.82, 2.24) is 5.32 Å². The quantitative estimate of drug-likeness (QED) is 0.759. The Bertz CT molecular complexity index is 265. The average Bonchev–Trinajstić information content (AvgIpc) is 2.85. The van der Waals surface area contributed by atoms with Crippen LogP contribution in [-0.4, -0.2) is 13.1 Å². The number of hydrogen-bond donors (Lipinski definition) is 1. The number of hydrogen-bond acceptors (Lipinski definition) is 1. The summed E-state index contributed by atoms with van der Waals surface area (Å²) in [5, 5.41) is 3.65. The van der Waals surface area contributed by atoms with Crippen LogP contribution in [0.25, 0.3) is 0 Å². The molecule has 1 saturated heterocycles. The molecule has 0 aromatic carbocycles. The minimum atomic E-state index is 0.745. The van der Waals surface area contributed by atoms with Crippen LogP contribution in [0, 0.1) is 16.7 Å². The van der Waals surface area contributed by atoms with Gasteiger partial charge in [-0.05, 0) is 81.2 Å². The second-order valence-electron chi connectivity index (χ2n) is 7.51. The summed E-state index contributed by atoms with van der Waals surface area (Å²) in [5.74, 6) is 0.981. The van der Waals surface area contributed by atoms with Crippen molar-refractivity contribution in [2.24, 2.45) is 16.7 Å². The largest absolute Gasteiger partial charge is 0.316 e. The summed E-state index contributed by atoms with van der Waals surface area (Å²) < 4.78 is 0. The van der Waals surface area contributed by atoms with E-state index in [0.717, 1.165) is 16.7 Å². The van der Waals surface area contributed by atoms with Crippen molar-refractivity contribution in [3.8, 4) is 0 Å². The Morgan fingerprint density at radius 3 is 2.33 bits per heavy atom. The molecule has 3 aliphatic rings. The molecule has 18 heavy (non-hydrogen) atoms. The highest BCUT2D eigenvalue weighted by atomic mass is 14.9. The molecule has 0 radical (unpaired) electrons. The van der Waals surface area contributed by atoms with Crippen molar-refractivity contribution in [1.29, 1.82) is 0 Å². The van der Waals surface area contributed by atoms with Crippen LogP contribution >= 0.6 is 0 Å². The van der Waals surface area contributed by atoms with Crippen LogP contribution in [0.1, 0.15) is 77.6 Å². The van der Waals surface area contributed by atoms with E-state index < -0.39 is 0 Å². The molecule has 1 heterocycles. The van der Waals surface area contributed by atoms with Gasteiger partial charge in [0.15, 0.2) is 0 Å². The van der Waals surface area contributed by atoms with Crippen LogP contribution in [0.5, 0.6) is 0 Å². The lowest BCUT2D eigenvalue weighted by Gasteiger charge is -2.51. The third-order valence-corrected chi connectivity index (χ3v) is 6.66. The average molecular weight is 249 g/mol. The lowest BCUT2D eigenvalue weighted by molar-refractivity contribution is 0.00363. The first-order valence-electron chi connectivity index (χ1n) is 8.49. The van der Waals surface area contributed by atoms with Gasteiger partial charge in [0.05, 0.1) is 0 Å². The molecule has 2 saturated carbocycles. The van der Waals surface area contributed by atoms with Gasteiger partial charge in [0.2, 0.25) is 0 Å². The highest BCUT2D eigenvalue weighted by Crippen LogP contribution is 2.57. The van der Waals surface area contributed by atoms with E-state index in [-0.39, 0.29) is 0 Å². The minimum Gasteiger partial charge on any atom is -0.316 e. The van der Waals surface area contributed by atoms with E-state index in [2.05, 4.69) is 12.2 Å². The number of nitrogens with one attached hydrogen (secondary N) is 1. The summed E-state index contributed by atoms with van der Waals surface area (Å²) >= 11 is 0. The van der Waals surface area contributed by atoms with Gasteiger partial charge in [-0.25, -0.2) is 0 Å². The van der Waals surface area contributed by atoms with Crippen molar-refractivity contribution >= 4 is 0 Å². The van der Waals surface area contributed by atoms with E-state index in [1.165, 1.54) is 45.2 Å². The molecule has 2 spiro atoms. The molecule has 1 heteroatoms. The molecule has 1 atom stereocenters. The van der Waals surface area contributed by atoms with E-state index in [1.54, 1.807) is 38.5 Å². The zero-order valence-corrected chi connectivity index (χ0v) is 12.3. The first-order valence-corrected chi connectivity index (χ1v) is 8.49. The summed E-state index contributed by atoms with van der Waals surface area (Å²) in [6.45, 7) is 4.96. The van der Waals surface area contributed by atoms with Crippen molar-refractivity contribution in [2.45, 2.75) is 77.6 Å². The van der Waals surface area contributed by atoms with Crippen LogP contribution in [0.2, 0.25) is 0 Å². The molecule has 1 nitrogen and oxygen atoms in total. The minimum absolute atomic E-state index is 0.745. The van der Waals surface area contributed by atoms with Gasteiger partial charge in [0.25, 0.3) is 0 Å². The Hall–Kier alpha value is -0.0400. The summed E-state index contributed by atoms with van der Waals surface area (Å²) in [6.07, 6.45) is 16.7. The fraction of sp³-hybridized carbons (Fsp3) is 1.00. The van der Waals surface area contributed by atoms with Crippen molar-refractivity contribution < 1.29 is 0 Å². The van der Waals surface area contributed by atoms with Crippen molar-refractivity contribution in [3.63, 3.8) is 0 Å². The molecule has 1 unspecified atom stereocenters. The molecule has 0 aromatic heterocycles. The Balaban J connectivity index is 1.67. The molecule has 0 amide bonds. The SMILES string of the molecule is CCCC1CNCCC12CCC1(CCCC1)CC2. The first-order chi connectivity index (χ1) is 8.79. The van der Waals surface area contributed by atoms with E-state index in [1.807, 2.05) is 0 Å². The molecule has 1 aliphatic heterocycles. The Kier molecular flexibility index (Phi) is 3.71. The van der Waals surface area contributed by atoms with Crippen LogP contribution in [-0.2, 0) is 0 Å². The zero-order valence-electron chi connectivity index (χ0n) is 12.3. The number of rotatable bonds is 2. The third-order valence-electron chi connectivity index (χ3n) is 6.66. The molecule has 3 rings (SSSR count). The maximum absolute atomic E-state index is 3.65. The molecule has 3 fully saturated rings.